The number of hydrogen-bond acceptors (Lipinski definition) is 1. The molecule has 1 aromatic carbocycles. The molecule has 0 spiro atoms. The van der Waals surface area contributed by atoms with Gasteiger partial charge in [-0.1, -0.05) is 24.3 Å². The zero-order chi connectivity index (χ0) is 12.5. The normalized spacial score (nSPS) is 28.2. The molecule has 1 saturated carbocycles. The summed E-state index contributed by atoms with van der Waals surface area (Å²) in [7, 11) is 0. The second kappa shape index (κ2) is 4.93. The number of alkyl halides is 1. The highest BCUT2D eigenvalue weighted by Gasteiger charge is 2.56. The number of aryl methyl sites for hydroxylation is 1. The molecule has 1 amide bonds. The van der Waals surface area contributed by atoms with E-state index in [1.807, 2.05) is 0 Å². The van der Waals surface area contributed by atoms with Crippen molar-refractivity contribution < 1.29 is 4.79 Å². The average molecular weight is 264 g/mol. The third-order valence-electron chi connectivity index (χ3n) is 4.24. The van der Waals surface area contributed by atoms with Gasteiger partial charge in [-0.3, -0.25) is 4.79 Å². The summed E-state index contributed by atoms with van der Waals surface area (Å²) >= 11 is 5.62. The van der Waals surface area contributed by atoms with Crippen molar-refractivity contribution in [2.24, 2.45) is 11.8 Å². The highest BCUT2D eigenvalue weighted by Crippen LogP contribution is 2.59. The number of hydrogen-bond donors (Lipinski definition) is 1. The van der Waals surface area contributed by atoms with Crippen molar-refractivity contribution in [3.63, 3.8) is 0 Å². The van der Waals surface area contributed by atoms with Gasteiger partial charge in [-0.15, -0.1) is 11.6 Å². The number of rotatable bonds is 4. The molecule has 0 heterocycles. The molecular formula is C15H18ClNO. The lowest BCUT2D eigenvalue weighted by molar-refractivity contribution is -0.122. The largest absolute Gasteiger partial charge is 0.356 e. The maximum Gasteiger partial charge on any atom is 0.224 e. The third-order valence-corrected chi connectivity index (χ3v) is 4.51. The van der Waals surface area contributed by atoms with E-state index in [4.69, 9.17) is 11.6 Å². The Kier molecular flexibility index (Phi) is 3.29. The Hall–Kier alpha value is -1.02. The lowest BCUT2D eigenvalue weighted by atomic mass is 9.92. The Morgan fingerprint density at radius 1 is 1.39 bits per heavy atom. The van der Waals surface area contributed by atoms with E-state index < -0.39 is 0 Å². The summed E-state index contributed by atoms with van der Waals surface area (Å²) in [5.41, 5.74) is 2.85. The Labute approximate surface area is 113 Å². The van der Waals surface area contributed by atoms with Crippen molar-refractivity contribution in [3.8, 4) is 0 Å². The number of nitrogens with one attached hydrogen (secondary N) is 1. The first-order valence-electron chi connectivity index (χ1n) is 6.74. The minimum atomic E-state index is 0.212. The van der Waals surface area contributed by atoms with Gasteiger partial charge in [0, 0.05) is 18.3 Å². The monoisotopic (exact) mass is 263 g/mol. The van der Waals surface area contributed by atoms with Crippen LogP contribution in [-0.2, 0) is 11.2 Å². The number of amides is 1. The predicted octanol–water partition coefficient (Wildman–Crippen LogP) is 2.71. The number of halogens is 1. The molecule has 96 valence electrons. The highest BCUT2D eigenvalue weighted by atomic mass is 35.5. The molecule has 0 bridgehead atoms. The van der Waals surface area contributed by atoms with Crippen LogP contribution in [0.3, 0.4) is 0 Å². The SMILES string of the molecule is O=C(NCCCCl)C1C2CCc3ccccc3C21. The fourth-order valence-electron chi connectivity index (χ4n) is 3.32. The maximum atomic E-state index is 12.1. The van der Waals surface area contributed by atoms with Gasteiger partial charge in [-0.2, -0.15) is 0 Å². The Balaban J connectivity index is 1.67. The van der Waals surface area contributed by atoms with Crippen LogP contribution in [0.2, 0.25) is 0 Å². The fraction of sp³-hybridized carbons (Fsp3) is 0.533. The molecule has 2 aliphatic carbocycles. The van der Waals surface area contributed by atoms with E-state index in [2.05, 4.69) is 29.6 Å². The van der Waals surface area contributed by atoms with E-state index in [-0.39, 0.29) is 11.8 Å². The van der Waals surface area contributed by atoms with Crippen molar-refractivity contribution in [1.82, 2.24) is 5.32 Å². The van der Waals surface area contributed by atoms with Crippen LogP contribution in [0, 0.1) is 11.8 Å². The topological polar surface area (TPSA) is 29.1 Å². The second-order valence-electron chi connectivity index (χ2n) is 5.29. The average Bonchev–Trinajstić information content (AvgIpc) is 3.14. The first-order chi connectivity index (χ1) is 8.83. The lowest BCUT2D eigenvalue weighted by Crippen LogP contribution is -2.27. The summed E-state index contributed by atoms with van der Waals surface area (Å²) in [5.74, 6) is 2.11. The first kappa shape index (κ1) is 12.0. The molecule has 0 aliphatic heterocycles. The maximum absolute atomic E-state index is 12.1. The number of benzene rings is 1. The van der Waals surface area contributed by atoms with Gasteiger partial charge in [0.2, 0.25) is 5.91 Å². The van der Waals surface area contributed by atoms with Crippen molar-refractivity contribution in [1.29, 1.82) is 0 Å². The van der Waals surface area contributed by atoms with E-state index >= 15 is 0 Å². The zero-order valence-electron chi connectivity index (χ0n) is 10.4. The highest BCUT2D eigenvalue weighted by molar-refractivity contribution is 6.17. The van der Waals surface area contributed by atoms with Crippen LogP contribution < -0.4 is 5.32 Å². The van der Waals surface area contributed by atoms with E-state index in [0.29, 0.717) is 24.3 Å². The smallest absolute Gasteiger partial charge is 0.224 e. The lowest BCUT2D eigenvalue weighted by Gasteiger charge is -2.13. The van der Waals surface area contributed by atoms with Crippen molar-refractivity contribution >= 4 is 17.5 Å². The van der Waals surface area contributed by atoms with E-state index in [9.17, 15) is 4.79 Å². The van der Waals surface area contributed by atoms with Gasteiger partial charge in [0.05, 0.1) is 0 Å². The van der Waals surface area contributed by atoms with Gasteiger partial charge in [-0.25, -0.2) is 0 Å². The molecule has 0 aromatic heterocycles. The van der Waals surface area contributed by atoms with Gasteiger partial charge in [0.25, 0.3) is 0 Å². The number of carbonyl (C=O) groups is 1. The predicted molar refractivity (Wildman–Crippen MR) is 72.8 cm³/mol. The summed E-state index contributed by atoms with van der Waals surface area (Å²) in [5, 5.41) is 3.01. The van der Waals surface area contributed by atoms with Crippen LogP contribution >= 0.6 is 11.6 Å². The fourth-order valence-corrected chi connectivity index (χ4v) is 3.45. The summed E-state index contributed by atoms with van der Waals surface area (Å²) in [4.78, 5) is 12.1. The molecule has 2 nitrogen and oxygen atoms in total. The molecular weight excluding hydrogens is 246 g/mol. The second-order valence-corrected chi connectivity index (χ2v) is 5.66. The van der Waals surface area contributed by atoms with Crippen LogP contribution in [0.15, 0.2) is 24.3 Å². The van der Waals surface area contributed by atoms with Crippen LogP contribution in [0.5, 0.6) is 0 Å². The van der Waals surface area contributed by atoms with Gasteiger partial charge in [0.15, 0.2) is 0 Å². The van der Waals surface area contributed by atoms with Crippen LogP contribution in [0.1, 0.15) is 29.9 Å². The van der Waals surface area contributed by atoms with Crippen LogP contribution in [0.25, 0.3) is 0 Å². The van der Waals surface area contributed by atoms with Crippen molar-refractivity contribution in [2.45, 2.75) is 25.2 Å². The molecule has 3 rings (SSSR count). The number of fused-ring (bicyclic) bond motifs is 3. The first-order valence-corrected chi connectivity index (χ1v) is 7.28. The molecule has 18 heavy (non-hydrogen) atoms. The van der Waals surface area contributed by atoms with E-state index in [0.717, 1.165) is 19.3 Å². The Morgan fingerprint density at radius 3 is 3.06 bits per heavy atom. The van der Waals surface area contributed by atoms with Crippen LogP contribution in [0.4, 0.5) is 0 Å². The molecule has 3 atom stereocenters. The van der Waals surface area contributed by atoms with Crippen LogP contribution in [-0.4, -0.2) is 18.3 Å². The van der Waals surface area contributed by atoms with Crippen molar-refractivity contribution in [3.05, 3.63) is 35.4 Å². The van der Waals surface area contributed by atoms with Crippen molar-refractivity contribution in [2.75, 3.05) is 12.4 Å². The standard InChI is InChI=1S/C15H18ClNO/c16-8-3-9-17-15(18)14-12-7-6-10-4-1-2-5-11(10)13(12)14/h1-2,4-5,12-14H,3,6-9H2,(H,17,18). The molecule has 0 saturated heterocycles. The summed E-state index contributed by atoms with van der Waals surface area (Å²) in [6, 6.07) is 8.57. The molecule has 1 N–H and O–H groups in total. The van der Waals surface area contributed by atoms with Gasteiger partial charge < -0.3 is 5.32 Å². The van der Waals surface area contributed by atoms with Gasteiger partial charge in [0.1, 0.15) is 0 Å². The van der Waals surface area contributed by atoms with E-state index in [1.54, 1.807) is 0 Å². The minimum absolute atomic E-state index is 0.212. The minimum Gasteiger partial charge on any atom is -0.356 e. The Bertz CT molecular complexity index is 460. The van der Waals surface area contributed by atoms with E-state index in [1.165, 1.54) is 11.1 Å². The quantitative estimate of drug-likeness (QED) is 0.657. The third kappa shape index (κ3) is 2.03. The molecule has 1 aromatic rings. The molecule has 3 unspecified atom stereocenters. The summed E-state index contributed by atoms with van der Waals surface area (Å²) in [6.45, 7) is 0.708. The summed E-state index contributed by atoms with van der Waals surface area (Å²) < 4.78 is 0. The molecule has 2 aliphatic rings. The van der Waals surface area contributed by atoms with Gasteiger partial charge in [-0.05, 0) is 42.2 Å². The van der Waals surface area contributed by atoms with Gasteiger partial charge >= 0.3 is 0 Å². The zero-order valence-corrected chi connectivity index (χ0v) is 11.1. The number of carbonyl (C=O) groups excluding carboxylic acids is 1. The Morgan fingerprint density at radius 2 is 2.22 bits per heavy atom. The molecule has 3 heteroatoms. The molecule has 1 fully saturated rings. The molecule has 0 radical (unpaired) electrons. The summed E-state index contributed by atoms with van der Waals surface area (Å²) in [6.07, 6.45) is 3.14.